The summed E-state index contributed by atoms with van der Waals surface area (Å²) >= 11 is 0. The zero-order chi connectivity index (χ0) is 14.8. The van der Waals surface area contributed by atoms with Crippen molar-refractivity contribution in [1.82, 2.24) is 5.32 Å². The van der Waals surface area contributed by atoms with Crippen molar-refractivity contribution in [3.8, 4) is 0 Å². The van der Waals surface area contributed by atoms with Crippen molar-refractivity contribution in [1.29, 1.82) is 0 Å². The number of nitrogens with one attached hydrogen (secondary N) is 1. The average molecular weight is 279 g/mol. The molecule has 0 aliphatic rings. The molecule has 1 atom stereocenters. The summed E-state index contributed by atoms with van der Waals surface area (Å²) in [5.41, 5.74) is 4.75. The van der Waals surface area contributed by atoms with Crippen LogP contribution in [0.3, 0.4) is 0 Å². The van der Waals surface area contributed by atoms with Gasteiger partial charge in [-0.3, -0.25) is 0 Å². The molecule has 0 bridgehead atoms. The summed E-state index contributed by atoms with van der Waals surface area (Å²) < 4.78 is 5.68. The molecule has 0 saturated heterocycles. The summed E-state index contributed by atoms with van der Waals surface area (Å²) in [6.07, 6.45) is 1.86. The van der Waals surface area contributed by atoms with E-state index in [0.29, 0.717) is 5.92 Å². The fourth-order valence-electron chi connectivity index (χ4n) is 2.80. The molecule has 3 rings (SSSR count). The Morgan fingerprint density at radius 3 is 2.24 bits per heavy atom. The predicted molar refractivity (Wildman–Crippen MR) is 87.6 cm³/mol. The first-order chi connectivity index (χ1) is 10.2. The fraction of sp³-hybridized carbons (Fsp3) is 0.263. The predicted octanol–water partition coefficient (Wildman–Crippen LogP) is 4.87. The minimum atomic E-state index is 0.148. The van der Waals surface area contributed by atoms with Crippen molar-refractivity contribution in [2.75, 3.05) is 7.05 Å². The highest BCUT2D eigenvalue weighted by molar-refractivity contribution is 5.81. The number of hydrogen-bond donors (Lipinski definition) is 1. The summed E-state index contributed by atoms with van der Waals surface area (Å²) in [7, 11) is 1.99. The summed E-state index contributed by atoms with van der Waals surface area (Å²) in [4.78, 5) is 0. The number of hydrogen-bond acceptors (Lipinski definition) is 2. The maximum Gasteiger partial charge on any atom is 0.134 e. The van der Waals surface area contributed by atoms with E-state index >= 15 is 0 Å². The van der Waals surface area contributed by atoms with Crippen molar-refractivity contribution in [3.05, 3.63) is 71.5 Å². The van der Waals surface area contributed by atoms with E-state index in [1.165, 1.54) is 22.1 Å². The molecule has 1 aromatic heterocycles. The SMILES string of the molecule is CNC(c1ccc(C(C)C)cc1)c1coc2ccccc12. The lowest BCUT2D eigenvalue weighted by Gasteiger charge is -2.17. The lowest BCUT2D eigenvalue weighted by Crippen LogP contribution is -2.17. The topological polar surface area (TPSA) is 25.2 Å². The Kier molecular flexibility index (Phi) is 3.80. The molecule has 2 heteroatoms. The van der Waals surface area contributed by atoms with Crippen LogP contribution in [0.4, 0.5) is 0 Å². The van der Waals surface area contributed by atoms with Gasteiger partial charge in [0.15, 0.2) is 0 Å². The highest BCUT2D eigenvalue weighted by Crippen LogP contribution is 2.30. The van der Waals surface area contributed by atoms with Crippen LogP contribution in [-0.4, -0.2) is 7.05 Å². The van der Waals surface area contributed by atoms with Gasteiger partial charge in [-0.25, -0.2) is 0 Å². The van der Waals surface area contributed by atoms with Gasteiger partial charge in [0.05, 0.1) is 12.3 Å². The molecule has 2 nitrogen and oxygen atoms in total. The minimum absolute atomic E-state index is 0.148. The average Bonchev–Trinajstić information content (AvgIpc) is 2.93. The van der Waals surface area contributed by atoms with Crippen LogP contribution in [0.5, 0.6) is 0 Å². The lowest BCUT2D eigenvalue weighted by atomic mass is 9.95. The third-order valence-corrected chi connectivity index (χ3v) is 4.05. The van der Waals surface area contributed by atoms with Crippen LogP contribution in [0.15, 0.2) is 59.2 Å². The Morgan fingerprint density at radius 1 is 0.905 bits per heavy atom. The molecule has 2 aromatic carbocycles. The quantitative estimate of drug-likeness (QED) is 0.737. The zero-order valence-corrected chi connectivity index (χ0v) is 12.8. The molecule has 1 unspecified atom stereocenters. The largest absolute Gasteiger partial charge is 0.464 e. The van der Waals surface area contributed by atoms with Gasteiger partial charge >= 0.3 is 0 Å². The van der Waals surface area contributed by atoms with Gasteiger partial charge < -0.3 is 9.73 Å². The number of furan rings is 1. The Hall–Kier alpha value is -2.06. The molecule has 108 valence electrons. The Balaban J connectivity index is 2.01. The van der Waals surface area contributed by atoms with Crippen LogP contribution in [0.25, 0.3) is 11.0 Å². The maximum atomic E-state index is 5.68. The number of para-hydroxylation sites is 1. The summed E-state index contributed by atoms with van der Waals surface area (Å²) in [5, 5.41) is 4.57. The fourth-order valence-corrected chi connectivity index (χ4v) is 2.80. The third kappa shape index (κ3) is 2.59. The molecule has 1 N–H and O–H groups in total. The molecule has 0 aliphatic heterocycles. The highest BCUT2D eigenvalue weighted by atomic mass is 16.3. The summed E-state index contributed by atoms with van der Waals surface area (Å²) in [5.74, 6) is 0.557. The van der Waals surface area contributed by atoms with Gasteiger partial charge in [-0.05, 0) is 30.2 Å². The highest BCUT2D eigenvalue weighted by Gasteiger charge is 2.17. The Bertz CT molecular complexity index is 725. The van der Waals surface area contributed by atoms with E-state index in [9.17, 15) is 0 Å². The second-order valence-electron chi connectivity index (χ2n) is 5.73. The molecule has 21 heavy (non-hydrogen) atoms. The van der Waals surface area contributed by atoms with Crippen LogP contribution < -0.4 is 5.32 Å². The van der Waals surface area contributed by atoms with E-state index in [1.807, 2.05) is 25.4 Å². The molecular formula is C19H21NO. The first-order valence-electron chi connectivity index (χ1n) is 7.44. The van der Waals surface area contributed by atoms with E-state index < -0.39 is 0 Å². The first kappa shape index (κ1) is 13.9. The van der Waals surface area contributed by atoms with E-state index in [2.05, 4.69) is 55.6 Å². The summed E-state index contributed by atoms with van der Waals surface area (Å²) in [6.45, 7) is 4.43. The van der Waals surface area contributed by atoms with Gasteiger partial charge in [-0.1, -0.05) is 56.3 Å². The van der Waals surface area contributed by atoms with Gasteiger partial charge in [0, 0.05) is 10.9 Å². The Morgan fingerprint density at radius 2 is 1.57 bits per heavy atom. The molecule has 0 aliphatic carbocycles. The van der Waals surface area contributed by atoms with Gasteiger partial charge in [-0.2, -0.15) is 0 Å². The molecule has 0 saturated carbocycles. The molecule has 3 aromatic rings. The van der Waals surface area contributed by atoms with Crippen molar-refractivity contribution in [3.63, 3.8) is 0 Å². The first-order valence-corrected chi connectivity index (χ1v) is 7.44. The van der Waals surface area contributed by atoms with Crippen molar-refractivity contribution in [2.24, 2.45) is 0 Å². The van der Waals surface area contributed by atoms with Crippen LogP contribution in [0.1, 0.15) is 42.5 Å². The molecule has 0 amide bonds. The van der Waals surface area contributed by atoms with Crippen molar-refractivity contribution >= 4 is 11.0 Å². The normalized spacial score (nSPS) is 13.0. The molecule has 0 spiro atoms. The smallest absolute Gasteiger partial charge is 0.134 e. The van der Waals surface area contributed by atoms with Crippen LogP contribution in [0.2, 0.25) is 0 Å². The monoisotopic (exact) mass is 279 g/mol. The van der Waals surface area contributed by atoms with Crippen molar-refractivity contribution < 1.29 is 4.42 Å². The second-order valence-corrected chi connectivity index (χ2v) is 5.73. The lowest BCUT2D eigenvalue weighted by molar-refractivity contribution is 0.597. The van der Waals surface area contributed by atoms with E-state index in [0.717, 1.165) is 5.58 Å². The molecule has 0 fully saturated rings. The zero-order valence-electron chi connectivity index (χ0n) is 12.8. The van der Waals surface area contributed by atoms with E-state index in [1.54, 1.807) is 0 Å². The third-order valence-electron chi connectivity index (χ3n) is 4.05. The van der Waals surface area contributed by atoms with Crippen LogP contribution >= 0.6 is 0 Å². The van der Waals surface area contributed by atoms with Gasteiger partial charge in [0.1, 0.15) is 5.58 Å². The van der Waals surface area contributed by atoms with Gasteiger partial charge in [0.2, 0.25) is 0 Å². The molecular weight excluding hydrogens is 258 g/mol. The number of fused-ring (bicyclic) bond motifs is 1. The number of benzene rings is 2. The Labute approximate surface area is 125 Å². The number of rotatable bonds is 4. The summed E-state index contributed by atoms with van der Waals surface area (Å²) in [6, 6.07) is 17.2. The van der Waals surface area contributed by atoms with Crippen LogP contribution in [-0.2, 0) is 0 Å². The van der Waals surface area contributed by atoms with E-state index in [4.69, 9.17) is 4.42 Å². The maximum absolute atomic E-state index is 5.68. The van der Waals surface area contributed by atoms with Crippen molar-refractivity contribution in [2.45, 2.75) is 25.8 Å². The van der Waals surface area contributed by atoms with Gasteiger partial charge in [-0.15, -0.1) is 0 Å². The second kappa shape index (κ2) is 5.74. The van der Waals surface area contributed by atoms with E-state index in [-0.39, 0.29) is 6.04 Å². The molecule has 0 radical (unpaired) electrons. The molecule has 1 heterocycles. The minimum Gasteiger partial charge on any atom is -0.464 e. The van der Waals surface area contributed by atoms with Gasteiger partial charge in [0.25, 0.3) is 0 Å². The standard InChI is InChI=1S/C19H21NO/c1-13(2)14-8-10-15(11-9-14)19(20-3)17-12-21-18-7-5-4-6-16(17)18/h4-13,19-20H,1-3H3. The van der Waals surface area contributed by atoms with Crippen LogP contribution in [0, 0.1) is 0 Å².